The molecule has 2 N–H and O–H groups in total. The van der Waals surface area contributed by atoms with Crippen LogP contribution in [0.25, 0.3) is 0 Å². The van der Waals surface area contributed by atoms with Gasteiger partial charge in [0, 0.05) is 20.2 Å². The second kappa shape index (κ2) is 10.0. The number of hydrogen-bond donors (Lipinski definition) is 2. The molecule has 0 aliphatic carbocycles. The number of carbonyl (C=O) groups excluding carboxylic acids is 2. The number of methoxy groups -OCH3 is 2. The van der Waals surface area contributed by atoms with E-state index in [0.717, 1.165) is 39.1 Å². The average Bonchev–Trinajstić information content (AvgIpc) is 2.65. The number of nitrogens with zero attached hydrogens (tertiary/aromatic N) is 1. The third-order valence-electron chi connectivity index (χ3n) is 4.43. The minimum absolute atomic E-state index is 0.404. The molecule has 0 spiro atoms. The van der Waals surface area contributed by atoms with E-state index in [1.165, 1.54) is 7.11 Å². The predicted molar refractivity (Wildman–Crippen MR) is 95.7 cm³/mol. The van der Waals surface area contributed by atoms with E-state index in [1.807, 2.05) is 0 Å². The lowest BCUT2D eigenvalue weighted by molar-refractivity contribution is -0.136. The molecule has 1 heterocycles. The summed E-state index contributed by atoms with van der Waals surface area (Å²) in [5.74, 6) is -0.372. The number of carbonyl (C=O) groups is 2. The fourth-order valence-corrected chi connectivity index (χ4v) is 2.88. The Labute approximate surface area is 148 Å². The Kier molecular flexibility index (Phi) is 7.69. The van der Waals surface area contributed by atoms with Gasteiger partial charge in [0.05, 0.1) is 19.4 Å². The molecule has 1 fully saturated rings. The number of hydrogen-bond acceptors (Lipinski definition) is 5. The van der Waals surface area contributed by atoms with E-state index in [4.69, 9.17) is 9.47 Å². The normalized spacial score (nSPS) is 15.6. The number of nitrogens with one attached hydrogen (secondary N) is 2. The SMILES string of the molecule is COCCN1CCC(CNC(=O)C(=O)Nc2ccccc2OC)CC1. The van der Waals surface area contributed by atoms with Crippen molar-refractivity contribution < 1.29 is 19.1 Å². The number of rotatable bonds is 7. The second-order valence-electron chi connectivity index (χ2n) is 6.14. The highest BCUT2D eigenvalue weighted by atomic mass is 16.5. The van der Waals surface area contributed by atoms with Gasteiger partial charge >= 0.3 is 11.8 Å². The topological polar surface area (TPSA) is 79.9 Å². The lowest BCUT2D eigenvalue weighted by atomic mass is 9.97. The fraction of sp³-hybridized carbons (Fsp3) is 0.556. The molecule has 0 bridgehead atoms. The maximum absolute atomic E-state index is 12.0. The molecular weight excluding hydrogens is 322 g/mol. The number of ether oxygens (including phenoxy) is 2. The van der Waals surface area contributed by atoms with Crippen LogP contribution >= 0.6 is 0 Å². The molecule has 2 amide bonds. The van der Waals surface area contributed by atoms with Crippen LogP contribution < -0.4 is 15.4 Å². The zero-order valence-electron chi connectivity index (χ0n) is 14.9. The van der Waals surface area contributed by atoms with Gasteiger partial charge in [-0.15, -0.1) is 0 Å². The molecule has 0 aromatic heterocycles. The van der Waals surface area contributed by atoms with Gasteiger partial charge < -0.3 is 25.0 Å². The highest BCUT2D eigenvalue weighted by molar-refractivity contribution is 6.39. The molecule has 1 aromatic rings. The van der Waals surface area contributed by atoms with Crippen molar-refractivity contribution in [2.24, 2.45) is 5.92 Å². The van der Waals surface area contributed by atoms with Crippen molar-refractivity contribution in [2.45, 2.75) is 12.8 Å². The number of para-hydroxylation sites is 2. The molecule has 2 rings (SSSR count). The van der Waals surface area contributed by atoms with Gasteiger partial charge in [-0.1, -0.05) is 12.1 Å². The summed E-state index contributed by atoms with van der Waals surface area (Å²) in [6.07, 6.45) is 2.02. The van der Waals surface area contributed by atoms with Gasteiger partial charge in [-0.05, 0) is 44.0 Å². The Morgan fingerprint density at radius 1 is 1.16 bits per heavy atom. The van der Waals surface area contributed by atoms with Crippen LogP contribution in [0.4, 0.5) is 5.69 Å². The summed E-state index contributed by atoms with van der Waals surface area (Å²) in [4.78, 5) is 26.4. The zero-order chi connectivity index (χ0) is 18.1. The van der Waals surface area contributed by atoms with Crippen LogP contribution in [0, 0.1) is 5.92 Å². The first-order valence-electron chi connectivity index (χ1n) is 8.57. The maximum Gasteiger partial charge on any atom is 0.313 e. The van der Waals surface area contributed by atoms with Gasteiger partial charge in [-0.3, -0.25) is 9.59 Å². The first-order chi connectivity index (χ1) is 12.1. The summed E-state index contributed by atoms with van der Waals surface area (Å²) >= 11 is 0. The summed E-state index contributed by atoms with van der Waals surface area (Å²) in [6, 6.07) is 6.99. The summed E-state index contributed by atoms with van der Waals surface area (Å²) < 4.78 is 10.2. The number of anilines is 1. The smallest absolute Gasteiger partial charge is 0.313 e. The van der Waals surface area contributed by atoms with E-state index in [-0.39, 0.29) is 0 Å². The number of amides is 2. The molecule has 1 saturated heterocycles. The van der Waals surface area contributed by atoms with E-state index >= 15 is 0 Å². The monoisotopic (exact) mass is 349 g/mol. The molecule has 7 heteroatoms. The Balaban J connectivity index is 1.72. The lowest BCUT2D eigenvalue weighted by Gasteiger charge is -2.31. The number of benzene rings is 1. The van der Waals surface area contributed by atoms with Gasteiger partial charge in [-0.25, -0.2) is 0 Å². The first kappa shape index (κ1) is 19.2. The van der Waals surface area contributed by atoms with Crippen molar-refractivity contribution in [3.8, 4) is 5.75 Å². The van der Waals surface area contributed by atoms with E-state index < -0.39 is 11.8 Å². The average molecular weight is 349 g/mol. The standard InChI is InChI=1S/C18H27N3O4/c1-24-12-11-21-9-7-14(8-10-21)13-19-17(22)18(23)20-15-5-3-4-6-16(15)25-2/h3-6,14H,7-13H2,1-2H3,(H,19,22)(H,20,23). The fourth-order valence-electron chi connectivity index (χ4n) is 2.88. The minimum Gasteiger partial charge on any atom is -0.495 e. The summed E-state index contributed by atoms with van der Waals surface area (Å²) in [5.41, 5.74) is 0.483. The van der Waals surface area contributed by atoms with Gasteiger partial charge in [0.25, 0.3) is 0 Å². The first-order valence-corrected chi connectivity index (χ1v) is 8.57. The molecule has 25 heavy (non-hydrogen) atoms. The minimum atomic E-state index is -0.679. The van der Waals surface area contributed by atoms with Crippen LogP contribution in [0.3, 0.4) is 0 Å². The Morgan fingerprint density at radius 2 is 1.88 bits per heavy atom. The van der Waals surface area contributed by atoms with Crippen LogP contribution in [-0.2, 0) is 14.3 Å². The maximum atomic E-state index is 12.0. The zero-order valence-corrected chi connectivity index (χ0v) is 14.9. The Morgan fingerprint density at radius 3 is 2.56 bits per heavy atom. The molecular formula is C18H27N3O4. The van der Waals surface area contributed by atoms with Crippen LogP contribution in [-0.4, -0.2) is 63.7 Å². The summed E-state index contributed by atoms with van der Waals surface area (Å²) in [5, 5.41) is 5.31. The highest BCUT2D eigenvalue weighted by Gasteiger charge is 2.21. The second-order valence-corrected chi connectivity index (χ2v) is 6.14. The molecule has 1 aromatic carbocycles. The third kappa shape index (κ3) is 6.03. The highest BCUT2D eigenvalue weighted by Crippen LogP contribution is 2.22. The van der Waals surface area contributed by atoms with Crippen molar-refractivity contribution in [2.75, 3.05) is 52.3 Å². The quantitative estimate of drug-likeness (QED) is 0.721. The summed E-state index contributed by atoms with van der Waals surface area (Å²) in [7, 11) is 3.22. The van der Waals surface area contributed by atoms with Crippen molar-refractivity contribution in [3.63, 3.8) is 0 Å². The molecule has 0 atom stereocenters. The number of piperidine rings is 1. The molecule has 7 nitrogen and oxygen atoms in total. The largest absolute Gasteiger partial charge is 0.495 e. The van der Waals surface area contributed by atoms with Crippen LogP contribution in [0.5, 0.6) is 5.75 Å². The molecule has 0 radical (unpaired) electrons. The predicted octanol–water partition coefficient (Wildman–Crippen LogP) is 1.11. The molecule has 1 aliphatic heterocycles. The van der Waals surface area contributed by atoms with Crippen molar-refractivity contribution in [3.05, 3.63) is 24.3 Å². The van der Waals surface area contributed by atoms with Crippen molar-refractivity contribution >= 4 is 17.5 Å². The van der Waals surface area contributed by atoms with Gasteiger partial charge in [0.1, 0.15) is 5.75 Å². The molecule has 138 valence electrons. The van der Waals surface area contributed by atoms with Gasteiger partial charge in [-0.2, -0.15) is 0 Å². The van der Waals surface area contributed by atoms with Crippen LogP contribution in [0.1, 0.15) is 12.8 Å². The Hall–Kier alpha value is -2.12. The lowest BCUT2D eigenvalue weighted by Crippen LogP contribution is -2.42. The number of likely N-dealkylation sites (tertiary alicyclic amines) is 1. The molecule has 1 aliphatic rings. The van der Waals surface area contributed by atoms with E-state index in [2.05, 4.69) is 15.5 Å². The molecule has 0 unspecified atom stereocenters. The van der Waals surface area contributed by atoms with Crippen molar-refractivity contribution in [1.29, 1.82) is 0 Å². The van der Waals surface area contributed by atoms with Gasteiger partial charge in [0.15, 0.2) is 0 Å². The van der Waals surface area contributed by atoms with Gasteiger partial charge in [0.2, 0.25) is 0 Å². The van der Waals surface area contributed by atoms with Crippen molar-refractivity contribution in [1.82, 2.24) is 10.2 Å². The van der Waals surface area contributed by atoms with E-state index in [9.17, 15) is 9.59 Å². The van der Waals surface area contributed by atoms with Crippen LogP contribution in [0.15, 0.2) is 24.3 Å². The molecule has 0 saturated carbocycles. The third-order valence-corrected chi connectivity index (χ3v) is 4.43. The summed E-state index contributed by atoms with van der Waals surface area (Å²) in [6.45, 7) is 4.20. The van der Waals surface area contributed by atoms with E-state index in [1.54, 1.807) is 31.4 Å². The Bertz CT molecular complexity index is 571. The van der Waals surface area contributed by atoms with Crippen LogP contribution in [0.2, 0.25) is 0 Å². The van der Waals surface area contributed by atoms with E-state index in [0.29, 0.717) is 23.9 Å².